The van der Waals surface area contributed by atoms with Crippen LogP contribution in [0.15, 0.2) is 36.4 Å². The number of aryl methyl sites for hydroxylation is 1. The van der Waals surface area contributed by atoms with Crippen molar-refractivity contribution >= 4 is 35.4 Å². The number of anilines is 2. The topological polar surface area (TPSA) is 70.2 Å². The number of aromatic nitrogens is 2. The van der Waals surface area contributed by atoms with Gasteiger partial charge in [-0.05, 0) is 43.5 Å². The molecular weight excluding hydrogens is 362 g/mol. The van der Waals surface area contributed by atoms with E-state index in [1.165, 1.54) is 18.9 Å². The minimum Gasteiger partial charge on any atom is -0.356 e. The first-order valence-corrected chi connectivity index (χ1v) is 9.54. The molecular formula is C20H24ClN5O. The second-order valence-electron chi connectivity index (χ2n) is 6.49. The maximum Gasteiger partial charge on any atom is 0.244 e. The zero-order chi connectivity index (χ0) is 19.1. The van der Waals surface area contributed by atoms with Crippen molar-refractivity contribution in [1.82, 2.24) is 15.3 Å². The van der Waals surface area contributed by atoms with Gasteiger partial charge in [0, 0.05) is 49.0 Å². The number of rotatable bonds is 7. The summed E-state index contributed by atoms with van der Waals surface area (Å²) >= 11 is 5.84. The van der Waals surface area contributed by atoms with Crippen molar-refractivity contribution < 1.29 is 4.79 Å². The fourth-order valence-corrected chi connectivity index (χ4v) is 3.03. The van der Waals surface area contributed by atoms with Crippen LogP contribution in [0.5, 0.6) is 0 Å². The van der Waals surface area contributed by atoms with Gasteiger partial charge in [0.1, 0.15) is 5.82 Å². The van der Waals surface area contributed by atoms with E-state index in [1.807, 2.05) is 25.1 Å². The summed E-state index contributed by atoms with van der Waals surface area (Å²) in [6.07, 6.45) is 5.69. The molecule has 1 aromatic carbocycles. The molecule has 7 heteroatoms. The van der Waals surface area contributed by atoms with Crippen molar-refractivity contribution in [2.45, 2.75) is 19.8 Å². The largest absolute Gasteiger partial charge is 0.356 e. The molecule has 1 aromatic heterocycles. The number of nitrogens with zero attached hydrogens (tertiary/aromatic N) is 3. The smallest absolute Gasteiger partial charge is 0.244 e. The Bertz CT molecular complexity index is 801. The van der Waals surface area contributed by atoms with Gasteiger partial charge >= 0.3 is 0 Å². The number of carbonyl (C=O) groups excluding carboxylic acids is 1. The SMILES string of the molecule is Cc1cc(N2CCCC2)nc(NCCNC(=O)/C=C/c2ccc(Cl)cc2)n1. The Balaban J connectivity index is 1.44. The van der Waals surface area contributed by atoms with Crippen LogP contribution in [0.2, 0.25) is 5.02 Å². The lowest BCUT2D eigenvalue weighted by atomic mass is 10.2. The highest BCUT2D eigenvalue weighted by Gasteiger charge is 2.14. The summed E-state index contributed by atoms with van der Waals surface area (Å²) < 4.78 is 0. The second kappa shape index (κ2) is 9.37. The molecule has 142 valence electrons. The van der Waals surface area contributed by atoms with E-state index in [4.69, 9.17) is 11.6 Å². The summed E-state index contributed by atoms with van der Waals surface area (Å²) in [5.74, 6) is 1.43. The molecule has 2 N–H and O–H groups in total. The standard InChI is InChI=1S/C20H24ClN5O/c1-15-14-18(26-12-2-3-13-26)25-20(24-15)23-11-10-22-19(27)9-6-16-4-7-17(21)8-5-16/h4-9,14H,2-3,10-13H2,1H3,(H,22,27)(H,23,24,25)/b9-6+. The highest BCUT2D eigenvalue weighted by Crippen LogP contribution is 2.19. The van der Waals surface area contributed by atoms with Crippen LogP contribution in [-0.2, 0) is 4.79 Å². The summed E-state index contributed by atoms with van der Waals surface area (Å²) in [5.41, 5.74) is 1.86. The average molecular weight is 386 g/mol. The molecule has 27 heavy (non-hydrogen) atoms. The van der Waals surface area contributed by atoms with Gasteiger partial charge in [-0.1, -0.05) is 23.7 Å². The summed E-state index contributed by atoms with van der Waals surface area (Å²) in [7, 11) is 0. The Morgan fingerprint density at radius 1 is 1.19 bits per heavy atom. The van der Waals surface area contributed by atoms with Gasteiger partial charge in [-0.2, -0.15) is 4.98 Å². The summed E-state index contributed by atoms with van der Waals surface area (Å²) in [4.78, 5) is 23.2. The van der Waals surface area contributed by atoms with Crippen molar-refractivity contribution in [2.75, 3.05) is 36.4 Å². The molecule has 3 rings (SSSR count). The van der Waals surface area contributed by atoms with Crippen molar-refractivity contribution in [3.05, 3.63) is 52.7 Å². The minimum absolute atomic E-state index is 0.144. The monoisotopic (exact) mass is 385 g/mol. The summed E-state index contributed by atoms with van der Waals surface area (Å²) in [6.45, 7) is 5.11. The first kappa shape index (κ1) is 19.2. The van der Waals surface area contributed by atoms with Crippen LogP contribution < -0.4 is 15.5 Å². The van der Waals surface area contributed by atoms with Gasteiger partial charge in [-0.3, -0.25) is 4.79 Å². The van der Waals surface area contributed by atoms with Gasteiger partial charge in [0.25, 0.3) is 0 Å². The molecule has 0 radical (unpaired) electrons. The van der Waals surface area contributed by atoms with Crippen LogP contribution >= 0.6 is 11.6 Å². The summed E-state index contributed by atoms with van der Waals surface area (Å²) in [6, 6.07) is 9.32. The van der Waals surface area contributed by atoms with Gasteiger partial charge in [-0.15, -0.1) is 0 Å². The van der Waals surface area contributed by atoms with Crippen LogP contribution in [0.4, 0.5) is 11.8 Å². The molecule has 0 aliphatic carbocycles. The average Bonchev–Trinajstić information content (AvgIpc) is 3.19. The molecule has 1 amide bonds. The van der Waals surface area contributed by atoms with E-state index in [0.717, 1.165) is 30.2 Å². The van der Waals surface area contributed by atoms with Crippen LogP contribution in [0.1, 0.15) is 24.1 Å². The van der Waals surface area contributed by atoms with Crippen LogP contribution in [0.25, 0.3) is 6.08 Å². The lowest BCUT2D eigenvalue weighted by Crippen LogP contribution is -2.27. The third-order valence-electron chi connectivity index (χ3n) is 4.28. The molecule has 1 fully saturated rings. The molecule has 0 saturated carbocycles. The Morgan fingerprint density at radius 3 is 2.67 bits per heavy atom. The number of carbonyl (C=O) groups is 1. The lowest BCUT2D eigenvalue weighted by Gasteiger charge is -2.17. The van der Waals surface area contributed by atoms with Crippen LogP contribution in [0, 0.1) is 6.92 Å². The Hall–Kier alpha value is -2.60. The van der Waals surface area contributed by atoms with E-state index in [0.29, 0.717) is 24.1 Å². The van der Waals surface area contributed by atoms with Crippen molar-refractivity contribution in [3.63, 3.8) is 0 Å². The van der Waals surface area contributed by atoms with Gasteiger partial charge in [0.2, 0.25) is 11.9 Å². The molecule has 6 nitrogen and oxygen atoms in total. The van der Waals surface area contributed by atoms with Crippen molar-refractivity contribution in [1.29, 1.82) is 0 Å². The first-order valence-electron chi connectivity index (χ1n) is 9.16. The number of amides is 1. The second-order valence-corrected chi connectivity index (χ2v) is 6.92. The maximum absolute atomic E-state index is 11.9. The third kappa shape index (κ3) is 5.96. The Kier molecular flexibility index (Phi) is 6.65. The van der Waals surface area contributed by atoms with E-state index in [9.17, 15) is 4.79 Å². The zero-order valence-electron chi connectivity index (χ0n) is 15.4. The number of benzene rings is 1. The molecule has 0 bridgehead atoms. The van der Waals surface area contributed by atoms with Gasteiger partial charge in [0.05, 0.1) is 0 Å². The Morgan fingerprint density at radius 2 is 1.93 bits per heavy atom. The molecule has 2 aromatic rings. The predicted molar refractivity (Wildman–Crippen MR) is 110 cm³/mol. The number of hydrogen-bond donors (Lipinski definition) is 2. The quantitative estimate of drug-likeness (QED) is 0.565. The van der Waals surface area contributed by atoms with Crippen molar-refractivity contribution in [3.8, 4) is 0 Å². The number of hydrogen-bond acceptors (Lipinski definition) is 5. The third-order valence-corrected chi connectivity index (χ3v) is 4.53. The first-order chi connectivity index (χ1) is 13.1. The highest BCUT2D eigenvalue weighted by atomic mass is 35.5. The van der Waals surface area contributed by atoms with Gasteiger partial charge < -0.3 is 15.5 Å². The molecule has 0 atom stereocenters. The fourth-order valence-electron chi connectivity index (χ4n) is 2.90. The normalized spacial score (nSPS) is 13.9. The minimum atomic E-state index is -0.144. The molecule has 0 spiro atoms. The summed E-state index contributed by atoms with van der Waals surface area (Å²) in [5, 5.41) is 6.70. The number of halogens is 1. The highest BCUT2D eigenvalue weighted by molar-refractivity contribution is 6.30. The van der Waals surface area contributed by atoms with E-state index < -0.39 is 0 Å². The maximum atomic E-state index is 11.9. The van der Waals surface area contributed by atoms with E-state index in [2.05, 4.69) is 25.5 Å². The zero-order valence-corrected chi connectivity index (χ0v) is 16.2. The van der Waals surface area contributed by atoms with Crippen LogP contribution in [0.3, 0.4) is 0 Å². The molecule has 0 unspecified atom stereocenters. The van der Waals surface area contributed by atoms with Gasteiger partial charge in [0.15, 0.2) is 0 Å². The van der Waals surface area contributed by atoms with Crippen LogP contribution in [-0.4, -0.2) is 42.1 Å². The Labute approximate surface area is 164 Å². The predicted octanol–water partition coefficient (Wildman–Crippen LogP) is 3.28. The van der Waals surface area contributed by atoms with E-state index >= 15 is 0 Å². The number of nitrogens with one attached hydrogen (secondary N) is 2. The molecule has 1 saturated heterocycles. The van der Waals surface area contributed by atoms with E-state index in [1.54, 1.807) is 18.2 Å². The fraction of sp³-hybridized carbons (Fsp3) is 0.350. The molecule has 1 aliphatic rings. The van der Waals surface area contributed by atoms with Crippen molar-refractivity contribution in [2.24, 2.45) is 0 Å². The van der Waals surface area contributed by atoms with Gasteiger partial charge in [-0.25, -0.2) is 4.98 Å². The molecule has 2 heterocycles. The lowest BCUT2D eigenvalue weighted by molar-refractivity contribution is -0.116. The molecule has 1 aliphatic heterocycles. The van der Waals surface area contributed by atoms with E-state index in [-0.39, 0.29) is 5.91 Å².